The number of fused-ring (bicyclic) bond motifs is 1. The van der Waals surface area contributed by atoms with E-state index in [1.807, 2.05) is 23.9 Å². The zero-order chi connectivity index (χ0) is 11.7. The standard InChI is InChI=1S/C12H14N2O2/c1-9-4-3-5-11(14(15)16)8-10-6-7-13(2)12(9)10/h5-8H,3-4H2,1-2H3. The number of allylic oxidation sites excluding steroid dienone is 2. The Bertz CT molecular complexity index is 579. The third kappa shape index (κ3) is 1.78. The number of hydrogen-bond donors (Lipinski definition) is 0. The average molecular weight is 218 g/mol. The van der Waals surface area contributed by atoms with Crippen molar-refractivity contribution in [3.05, 3.63) is 44.7 Å². The number of aryl methyl sites for hydroxylation is 1. The van der Waals surface area contributed by atoms with Gasteiger partial charge in [-0.15, -0.1) is 0 Å². The van der Waals surface area contributed by atoms with Gasteiger partial charge in [-0.1, -0.05) is 0 Å². The molecule has 84 valence electrons. The van der Waals surface area contributed by atoms with Gasteiger partial charge in [-0.05, 0) is 37.5 Å². The molecule has 0 saturated heterocycles. The molecular formula is C12H14N2O2. The van der Waals surface area contributed by atoms with Crippen molar-refractivity contribution in [3.8, 4) is 0 Å². The van der Waals surface area contributed by atoms with E-state index in [0.29, 0.717) is 0 Å². The summed E-state index contributed by atoms with van der Waals surface area (Å²) in [5.41, 5.74) is 1.47. The molecular weight excluding hydrogens is 204 g/mol. The van der Waals surface area contributed by atoms with E-state index in [2.05, 4.69) is 6.92 Å². The minimum atomic E-state index is -0.322. The van der Waals surface area contributed by atoms with Gasteiger partial charge in [0.1, 0.15) is 0 Å². The Morgan fingerprint density at radius 3 is 2.94 bits per heavy atom. The predicted molar refractivity (Wildman–Crippen MR) is 62.5 cm³/mol. The van der Waals surface area contributed by atoms with Crippen LogP contribution in [-0.4, -0.2) is 9.49 Å². The average Bonchev–Trinajstić information content (AvgIpc) is 2.54. The molecule has 0 spiro atoms. The quantitative estimate of drug-likeness (QED) is 0.520. The van der Waals surface area contributed by atoms with Crippen molar-refractivity contribution in [1.82, 2.24) is 4.57 Å². The fourth-order valence-corrected chi connectivity index (χ4v) is 2.11. The first-order valence-electron chi connectivity index (χ1n) is 5.27. The van der Waals surface area contributed by atoms with Gasteiger partial charge >= 0.3 is 0 Å². The van der Waals surface area contributed by atoms with Gasteiger partial charge in [-0.25, -0.2) is 0 Å². The van der Waals surface area contributed by atoms with Gasteiger partial charge in [0.05, 0.1) is 4.92 Å². The third-order valence-electron chi connectivity index (χ3n) is 2.90. The van der Waals surface area contributed by atoms with Gasteiger partial charge in [0.15, 0.2) is 0 Å². The predicted octanol–water partition coefficient (Wildman–Crippen LogP) is 0.931. The van der Waals surface area contributed by atoms with Crippen LogP contribution in [0.15, 0.2) is 24.0 Å². The van der Waals surface area contributed by atoms with E-state index in [0.717, 1.165) is 23.4 Å². The Labute approximate surface area is 93.3 Å². The van der Waals surface area contributed by atoms with Crippen LogP contribution < -0.4 is 10.6 Å². The zero-order valence-electron chi connectivity index (χ0n) is 9.43. The van der Waals surface area contributed by atoms with Crippen LogP contribution in [0.25, 0.3) is 11.6 Å². The van der Waals surface area contributed by atoms with Crippen molar-refractivity contribution in [3.63, 3.8) is 0 Å². The first kappa shape index (κ1) is 10.7. The van der Waals surface area contributed by atoms with Gasteiger partial charge in [0.2, 0.25) is 0 Å². The topological polar surface area (TPSA) is 48.1 Å². The second-order valence-electron chi connectivity index (χ2n) is 4.08. The summed E-state index contributed by atoms with van der Waals surface area (Å²) in [6.45, 7) is 2.08. The Balaban J connectivity index is 2.75. The van der Waals surface area contributed by atoms with Gasteiger partial charge < -0.3 is 4.57 Å². The van der Waals surface area contributed by atoms with Crippen molar-refractivity contribution < 1.29 is 4.92 Å². The van der Waals surface area contributed by atoms with E-state index in [4.69, 9.17) is 0 Å². The first-order chi connectivity index (χ1) is 7.59. The highest BCUT2D eigenvalue weighted by atomic mass is 16.6. The van der Waals surface area contributed by atoms with Gasteiger partial charge in [-0.2, -0.15) is 0 Å². The second kappa shape index (κ2) is 3.96. The molecule has 0 atom stereocenters. The summed E-state index contributed by atoms with van der Waals surface area (Å²) >= 11 is 0. The molecule has 1 aromatic heterocycles. The normalized spacial score (nSPS) is 15.6. The summed E-state index contributed by atoms with van der Waals surface area (Å²) < 4.78 is 2.02. The lowest BCUT2D eigenvalue weighted by molar-refractivity contribution is -0.416. The molecule has 1 aliphatic rings. The summed E-state index contributed by atoms with van der Waals surface area (Å²) in [5.74, 6) is 0. The largest absolute Gasteiger partial charge is 0.351 e. The molecule has 0 fully saturated rings. The van der Waals surface area contributed by atoms with E-state index in [1.54, 1.807) is 12.2 Å². The van der Waals surface area contributed by atoms with E-state index in [-0.39, 0.29) is 10.6 Å². The molecule has 4 nitrogen and oxygen atoms in total. The molecule has 1 aliphatic carbocycles. The number of rotatable bonds is 1. The molecule has 0 unspecified atom stereocenters. The van der Waals surface area contributed by atoms with E-state index in [1.165, 1.54) is 5.57 Å². The lowest BCUT2D eigenvalue weighted by atomic mass is 10.1. The summed E-state index contributed by atoms with van der Waals surface area (Å²) in [5, 5.41) is 12.8. The van der Waals surface area contributed by atoms with Crippen LogP contribution in [0.2, 0.25) is 0 Å². The highest BCUT2D eigenvalue weighted by molar-refractivity contribution is 5.49. The van der Waals surface area contributed by atoms with Gasteiger partial charge in [0, 0.05) is 29.9 Å². The smallest absolute Gasteiger partial charge is 0.266 e. The van der Waals surface area contributed by atoms with E-state index in [9.17, 15) is 10.1 Å². The number of nitro groups is 1. The minimum Gasteiger partial charge on any atom is -0.351 e. The molecule has 2 rings (SSSR count). The molecule has 0 radical (unpaired) electrons. The summed E-state index contributed by atoms with van der Waals surface area (Å²) in [6, 6.07) is 1.92. The minimum absolute atomic E-state index is 0.194. The molecule has 0 aliphatic heterocycles. The third-order valence-corrected chi connectivity index (χ3v) is 2.90. The summed E-state index contributed by atoms with van der Waals surface area (Å²) in [7, 11) is 1.97. The Morgan fingerprint density at radius 1 is 1.50 bits per heavy atom. The molecule has 0 bridgehead atoms. The molecule has 4 heteroatoms. The zero-order valence-corrected chi connectivity index (χ0v) is 9.43. The molecule has 16 heavy (non-hydrogen) atoms. The SMILES string of the molecule is CC1=c2c(ccn2C)=CC([N+](=O)[O-])=CCC1. The maximum atomic E-state index is 10.8. The fourth-order valence-electron chi connectivity index (χ4n) is 2.11. The Morgan fingerprint density at radius 2 is 2.25 bits per heavy atom. The molecule has 1 heterocycles. The van der Waals surface area contributed by atoms with E-state index >= 15 is 0 Å². The van der Waals surface area contributed by atoms with Gasteiger partial charge in [0.25, 0.3) is 5.70 Å². The molecule has 0 saturated carbocycles. The molecule has 0 aromatic carbocycles. The first-order valence-corrected chi connectivity index (χ1v) is 5.27. The molecule has 0 amide bonds. The van der Waals surface area contributed by atoms with Crippen molar-refractivity contribution in [2.75, 3.05) is 0 Å². The number of aromatic nitrogens is 1. The number of nitrogens with zero attached hydrogens (tertiary/aromatic N) is 2. The Hall–Kier alpha value is -1.84. The van der Waals surface area contributed by atoms with E-state index < -0.39 is 0 Å². The Kier molecular flexibility index (Phi) is 2.64. The van der Waals surface area contributed by atoms with Crippen molar-refractivity contribution in [2.45, 2.75) is 19.8 Å². The highest BCUT2D eigenvalue weighted by Crippen LogP contribution is 2.09. The highest BCUT2D eigenvalue weighted by Gasteiger charge is 2.09. The van der Waals surface area contributed by atoms with Crippen LogP contribution in [0.3, 0.4) is 0 Å². The van der Waals surface area contributed by atoms with Crippen LogP contribution in [0.5, 0.6) is 0 Å². The van der Waals surface area contributed by atoms with Crippen molar-refractivity contribution in [1.29, 1.82) is 0 Å². The van der Waals surface area contributed by atoms with Crippen molar-refractivity contribution >= 4 is 11.6 Å². The van der Waals surface area contributed by atoms with Crippen LogP contribution in [0.4, 0.5) is 0 Å². The maximum Gasteiger partial charge on any atom is 0.266 e. The fraction of sp³-hybridized carbons (Fsp3) is 0.333. The van der Waals surface area contributed by atoms with Crippen LogP contribution >= 0.6 is 0 Å². The molecule has 0 N–H and O–H groups in total. The van der Waals surface area contributed by atoms with Crippen LogP contribution in [0.1, 0.15) is 19.8 Å². The number of hydrogen-bond acceptors (Lipinski definition) is 2. The summed E-state index contributed by atoms with van der Waals surface area (Å²) in [6.07, 6.45) is 6.88. The maximum absolute atomic E-state index is 10.8. The monoisotopic (exact) mass is 218 g/mol. The molecule has 1 aromatic rings. The lowest BCUT2D eigenvalue weighted by Crippen LogP contribution is -2.30. The second-order valence-corrected chi connectivity index (χ2v) is 4.08. The van der Waals surface area contributed by atoms with Crippen LogP contribution in [-0.2, 0) is 7.05 Å². The summed E-state index contributed by atoms with van der Waals surface area (Å²) in [4.78, 5) is 10.5. The van der Waals surface area contributed by atoms with Gasteiger partial charge in [-0.3, -0.25) is 10.1 Å². The lowest BCUT2D eigenvalue weighted by Gasteiger charge is -2.02. The van der Waals surface area contributed by atoms with Crippen LogP contribution in [0, 0.1) is 10.1 Å². The van der Waals surface area contributed by atoms with Crippen molar-refractivity contribution in [2.24, 2.45) is 7.05 Å².